The Balaban J connectivity index is 2.05. The van der Waals surface area contributed by atoms with Crippen molar-refractivity contribution in [1.82, 2.24) is 10.3 Å². The van der Waals surface area contributed by atoms with Crippen molar-refractivity contribution in [3.8, 4) is 5.75 Å². The Morgan fingerprint density at radius 3 is 2.95 bits per heavy atom. The van der Waals surface area contributed by atoms with Gasteiger partial charge in [-0.2, -0.15) is 0 Å². The quantitative estimate of drug-likeness (QED) is 0.726. The first-order chi connectivity index (χ1) is 9.10. The number of methoxy groups -OCH3 is 1. The number of benzene rings is 1. The molecule has 19 heavy (non-hydrogen) atoms. The molecule has 0 aliphatic heterocycles. The van der Waals surface area contributed by atoms with Gasteiger partial charge in [-0.25, -0.2) is 0 Å². The third-order valence-electron chi connectivity index (χ3n) is 2.51. The van der Waals surface area contributed by atoms with Crippen LogP contribution in [0.15, 0.2) is 28.4 Å². The number of ether oxygens (including phenoxy) is 1. The number of carbonyl (C=O) groups is 1. The molecular formula is C12H13N3O3S. The van der Waals surface area contributed by atoms with Gasteiger partial charge in [0.2, 0.25) is 0 Å². The number of H-pyrrole nitrogens is 1. The lowest BCUT2D eigenvalue weighted by Gasteiger charge is -2.07. The summed E-state index contributed by atoms with van der Waals surface area (Å²) in [4.78, 5) is 25.3. The second-order valence-corrected chi connectivity index (χ2v) is 4.66. The Labute approximate surface area is 113 Å². The number of nitrogens with two attached hydrogens (primary N) is 1. The third-order valence-corrected chi connectivity index (χ3v) is 3.22. The minimum Gasteiger partial charge on any atom is -0.495 e. The van der Waals surface area contributed by atoms with E-state index in [1.165, 1.54) is 7.11 Å². The molecule has 0 aliphatic rings. The fourth-order valence-electron chi connectivity index (χ4n) is 1.53. The summed E-state index contributed by atoms with van der Waals surface area (Å²) in [6, 6.07) is 4.80. The van der Waals surface area contributed by atoms with E-state index in [-0.39, 0.29) is 17.3 Å². The van der Waals surface area contributed by atoms with Crippen molar-refractivity contribution in [2.24, 2.45) is 0 Å². The van der Waals surface area contributed by atoms with Gasteiger partial charge in [0.1, 0.15) is 5.75 Å². The Kier molecular flexibility index (Phi) is 3.86. The SMILES string of the molecule is COc1cc(C(=O)NCc2csc(=O)[nH]2)ccc1N. The van der Waals surface area contributed by atoms with Crippen molar-refractivity contribution in [3.63, 3.8) is 0 Å². The fourth-order valence-corrected chi connectivity index (χ4v) is 2.11. The van der Waals surface area contributed by atoms with E-state index in [1.54, 1.807) is 23.6 Å². The van der Waals surface area contributed by atoms with Crippen LogP contribution >= 0.6 is 11.3 Å². The van der Waals surface area contributed by atoms with E-state index in [2.05, 4.69) is 10.3 Å². The second-order valence-electron chi connectivity index (χ2n) is 3.81. The molecule has 0 atom stereocenters. The van der Waals surface area contributed by atoms with Crippen LogP contribution in [0.3, 0.4) is 0 Å². The van der Waals surface area contributed by atoms with Gasteiger partial charge in [-0.15, -0.1) is 0 Å². The fraction of sp³-hybridized carbons (Fsp3) is 0.167. The smallest absolute Gasteiger partial charge is 0.304 e. The van der Waals surface area contributed by atoms with Crippen LogP contribution in [0.1, 0.15) is 16.1 Å². The average Bonchev–Trinajstić information content (AvgIpc) is 2.82. The third kappa shape index (κ3) is 3.14. The van der Waals surface area contributed by atoms with Crippen molar-refractivity contribution in [2.75, 3.05) is 12.8 Å². The van der Waals surface area contributed by atoms with Gasteiger partial charge in [0.25, 0.3) is 5.91 Å². The first-order valence-electron chi connectivity index (χ1n) is 5.48. The summed E-state index contributed by atoms with van der Waals surface area (Å²) in [6.07, 6.45) is 0. The van der Waals surface area contributed by atoms with E-state index in [4.69, 9.17) is 10.5 Å². The van der Waals surface area contributed by atoms with Gasteiger partial charge in [-0.05, 0) is 18.2 Å². The molecule has 0 spiro atoms. The monoisotopic (exact) mass is 279 g/mol. The summed E-state index contributed by atoms with van der Waals surface area (Å²) in [5, 5.41) is 4.37. The normalized spacial score (nSPS) is 10.2. The molecule has 0 saturated carbocycles. The molecule has 1 heterocycles. The molecule has 7 heteroatoms. The highest BCUT2D eigenvalue weighted by atomic mass is 32.1. The van der Waals surface area contributed by atoms with Crippen molar-refractivity contribution in [1.29, 1.82) is 0 Å². The number of aromatic amines is 1. The molecule has 4 N–H and O–H groups in total. The maximum Gasteiger partial charge on any atom is 0.304 e. The maximum absolute atomic E-state index is 11.9. The number of hydrogen-bond donors (Lipinski definition) is 3. The summed E-state index contributed by atoms with van der Waals surface area (Å²) in [5.74, 6) is 0.196. The van der Waals surface area contributed by atoms with E-state index in [9.17, 15) is 9.59 Å². The molecule has 2 rings (SSSR count). The number of nitrogen functional groups attached to an aromatic ring is 1. The number of hydrogen-bond acceptors (Lipinski definition) is 5. The number of carbonyl (C=O) groups excluding carboxylic acids is 1. The van der Waals surface area contributed by atoms with Gasteiger partial charge >= 0.3 is 4.87 Å². The van der Waals surface area contributed by atoms with Crippen LogP contribution in [0, 0.1) is 0 Å². The van der Waals surface area contributed by atoms with Crippen LogP contribution in [0.25, 0.3) is 0 Å². The van der Waals surface area contributed by atoms with Gasteiger partial charge in [-0.3, -0.25) is 9.59 Å². The summed E-state index contributed by atoms with van der Waals surface area (Å²) >= 11 is 1.06. The molecule has 100 valence electrons. The van der Waals surface area contributed by atoms with Crippen LogP contribution in [-0.2, 0) is 6.54 Å². The van der Waals surface area contributed by atoms with Crippen molar-refractivity contribution >= 4 is 22.9 Å². The van der Waals surface area contributed by atoms with Crippen LogP contribution in [0.5, 0.6) is 5.75 Å². The number of nitrogens with one attached hydrogen (secondary N) is 2. The lowest BCUT2D eigenvalue weighted by atomic mass is 10.2. The highest BCUT2D eigenvalue weighted by molar-refractivity contribution is 7.07. The van der Waals surface area contributed by atoms with Crippen LogP contribution in [-0.4, -0.2) is 18.0 Å². The van der Waals surface area contributed by atoms with Crippen LogP contribution in [0.4, 0.5) is 5.69 Å². The van der Waals surface area contributed by atoms with E-state index in [0.717, 1.165) is 11.3 Å². The van der Waals surface area contributed by atoms with E-state index in [0.29, 0.717) is 22.7 Å². The van der Waals surface area contributed by atoms with Crippen molar-refractivity contribution < 1.29 is 9.53 Å². The first kappa shape index (κ1) is 13.2. The highest BCUT2D eigenvalue weighted by Gasteiger charge is 2.09. The topological polar surface area (TPSA) is 97.2 Å². The zero-order chi connectivity index (χ0) is 13.8. The minimum atomic E-state index is -0.259. The zero-order valence-electron chi connectivity index (χ0n) is 10.2. The summed E-state index contributed by atoms with van der Waals surface area (Å²) in [5.41, 5.74) is 7.27. The molecule has 0 radical (unpaired) electrons. The summed E-state index contributed by atoms with van der Waals surface area (Å²) in [6.45, 7) is 0.268. The van der Waals surface area contributed by atoms with Crippen molar-refractivity contribution in [2.45, 2.75) is 6.54 Å². The lowest BCUT2D eigenvalue weighted by molar-refractivity contribution is 0.0950. The van der Waals surface area contributed by atoms with Crippen LogP contribution < -0.4 is 20.7 Å². The molecule has 1 aromatic heterocycles. The Morgan fingerprint density at radius 1 is 1.53 bits per heavy atom. The number of rotatable bonds is 4. The molecule has 0 fully saturated rings. The number of anilines is 1. The molecule has 6 nitrogen and oxygen atoms in total. The Bertz CT molecular complexity index is 648. The average molecular weight is 279 g/mol. The second kappa shape index (κ2) is 5.57. The number of aromatic nitrogens is 1. The zero-order valence-corrected chi connectivity index (χ0v) is 11.0. The molecule has 0 aliphatic carbocycles. The summed E-state index contributed by atoms with van der Waals surface area (Å²) < 4.78 is 5.05. The first-order valence-corrected chi connectivity index (χ1v) is 6.36. The van der Waals surface area contributed by atoms with Gasteiger partial charge in [0.15, 0.2) is 0 Å². The van der Waals surface area contributed by atoms with E-state index in [1.807, 2.05) is 0 Å². The van der Waals surface area contributed by atoms with Crippen LogP contribution in [0.2, 0.25) is 0 Å². The highest BCUT2D eigenvalue weighted by Crippen LogP contribution is 2.21. The molecular weight excluding hydrogens is 266 g/mol. The number of thiazole rings is 1. The standard InChI is InChI=1S/C12H13N3O3S/c1-18-10-4-7(2-3-9(10)13)11(16)14-5-8-6-19-12(17)15-8/h2-4,6H,5,13H2,1H3,(H,14,16)(H,15,17). The lowest BCUT2D eigenvalue weighted by Crippen LogP contribution is -2.23. The minimum absolute atomic E-state index is 0.140. The molecule has 0 saturated heterocycles. The Morgan fingerprint density at radius 2 is 2.32 bits per heavy atom. The van der Waals surface area contributed by atoms with Gasteiger partial charge in [0, 0.05) is 16.6 Å². The van der Waals surface area contributed by atoms with Gasteiger partial charge < -0.3 is 20.8 Å². The van der Waals surface area contributed by atoms with Gasteiger partial charge in [0.05, 0.1) is 19.3 Å². The largest absolute Gasteiger partial charge is 0.495 e. The molecule has 1 aromatic carbocycles. The predicted molar refractivity (Wildman–Crippen MR) is 73.5 cm³/mol. The Hall–Kier alpha value is -2.28. The molecule has 2 aromatic rings. The van der Waals surface area contributed by atoms with Gasteiger partial charge in [-0.1, -0.05) is 11.3 Å². The molecule has 1 amide bonds. The van der Waals surface area contributed by atoms with Crippen molar-refractivity contribution in [3.05, 3.63) is 44.5 Å². The molecule has 0 unspecified atom stereocenters. The molecule has 0 bridgehead atoms. The summed E-state index contributed by atoms with van der Waals surface area (Å²) in [7, 11) is 1.49. The number of amides is 1. The predicted octanol–water partition coefficient (Wildman–Crippen LogP) is 0.957. The van der Waals surface area contributed by atoms with E-state index < -0.39 is 0 Å². The van der Waals surface area contributed by atoms with E-state index >= 15 is 0 Å². The maximum atomic E-state index is 11.9.